The second kappa shape index (κ2) is 7.05. The van der Waals surface area contributed by atoms with Gasteiger partial charge in [-0.2, -0.15) is 0 Å². The average Bonchev–Trinajstić information content (AvgIpc) is 3.42. The van der Waals surface area contributed by atoms with E-state index in [1.54, 1.807) is 23.7 Å². The molecule has 0 saturated carbocycles. The molecule has 0 N–H and O–H groups in total. The van der Waals surface area contributed by atoms with Crippen LogP contribution in [0.2, 0.25) is 0 Å². The number of thiophene rings is 1. The lowest BCUT2D eigenvalue weighted by atomic mass is 9.99. The molecule has 5 heterocycles. The molecule has 2 atom stereocenters. The number of amides is 1. The third-order valence-corrected chi connectivity index (χ3v) is 7.04. The zero-order chi connectivity index (χ0) is 18.2. The number of pyridine rings is 1. The molecule has 2 unspecified atom stereocenters. The summed E-state index contributed by atoms with van der Waals surface area (Å²) < 4.78 is 6.11. The van der Waals surface area contributed by atoms with Gasteiger partial charge >= 0.3 is 0 Å². The van der Waals surface area contributed by atoms with Gasteiger partial charge in [0, 0.05) is 36.5 Å². The quantitative estimate of drug-likeness (QED) is 0.651. The summed E-state index contributed by atoms with van der Waals surface area (Å²) in [6.07, 6.45) is 7.49. The van der Waals surface area contributed by atoms with E-state index in [1.807, 2.05) is 35.0 Å². The van der Waals surface area contributed by atoms with E-state index in [0.29, 0.717) is 5.01 Å². The predicted molar refractivity (Wildman–Crippen MR) is 106 cm³/mol. The Balaban J connectivity index is 1.30. The maximum atomic E-state index is 13.1. The maximum absolute atomic E-state index is 13.1. The summed E-state index contributed by atoms with van der Waals surface area (Å²) in [6, 6.07) is 8.36. The topological polar surface area (TPSA) is 55.3 Å². The minimum atomic E-state index is 0.0788. The van der Waals surface area contributed by atoms with E-state index in [1.165, 1.54) is 11.3 Å². The van der Waals surface area contributed by atoms with Crippen LogP contribution in [0.5, 0.6) is 5.75 Å². The van der Waals surface area contributed by atoms with Gasteiger partial charge in [-0.05, 0) is 36.4 Å². The molecule has 0 aromatic carbocycles. The maximum Gasteiger partial charge on any atom is 0.283 e. The molecule has 0 aliphatic carbocycles. The van der Waals surface area contributed by atoms with Crippen LogP contribution in [0.25, 0.3) is 10.6 Å². The highest BCUT2D eigenvalue weighted by Crippen LogP contribution is 2.39. The van der Waals surface area contributed by atoms with Gasteiger partial charge in [-0.3, -0.25) is 9.78 Å². The molecule has 0 spiro atoms. The number of carbonyl (C=O) groups excluding carboxylic acids is 1. The highest BCUT2D eigenvalue weighted by Gasteiger charge is 2.44. The van der Waals surface area contributed by atoms with Crippen LogP contribution in [0, 0.1) is 0 Å². The molecule has 3 aromatic rings. The smallest absolute Gasteiger partial charge is 0.283 e. The minimum Gasteiger partial charge on any atom is -0.489 e. The van der Waals surface area contributed by atoms with Crippen LogP contribution in [-0.4, -0.2) is 39.0 Å². The van der Waals surface area contributed by atoms with Gasteiger partial charge in [-0.25, -0.2) is 4.98 Å². The molecule has 2 bridgehead atoms. The van der Waals surface area contributed by atoms with Crippen molar-refractivity contribution >= 4 is 28.6 Å². The predicted octanol–water partition coefficient (Wildman–Crippen LogP) is 4.48. The molecule has 2 saturated heterocycles. The van der Waals surface area contributed by atoms with Crippen molar-refractivity contribution in [2.75, 3.05) is 0 Å². The second-order valence-corrected chi connectivity index (χ2v) is 8.82. The molecular weight excluding hydrogens is 378 g/mol. The van der Waals surface area contributed by atoms with Gasteiger partial charge in [-0.1, -0.05) is 6.07 Å². The molecule has 0 radical (unpaired) electrons. The number of ether oxygens (including phenoxy) is 1. The van der Waals surface area contributed by atoms with Gasteiger partial charge in [0.2, 0.25) is 0 Å². The lowest BCUT2D eigenvalue weighted by Gasteiger charge is -2.38. The molecule has 3 aromatic heterocycles. The summed E-state index contributed by atoms with van der Waals surface area (Å²) in [5, 5.41) is 4.62. The van der Waals surface area contributed by atoms with Crippen LogP contribution < -0.4 is 4.74 Å². The molecule has 27 heavy (non-hydrogen) atoms. The number of nitrogens with zero attached hydrogens (tertiary/aromatic N) is 3. The summed E-state index contributed by atoms with van der Waals surface area (Å²) in [7, 11) is 0. The van der Waals surface area contributed by atoms with Crippen LogP contribution >= 0.6 is 22.7 Å². The standard InChI is InChI=1S/C20H19N3O2S2/c24-20(19-22-17(12-27-19)18-4-2-8-26-18)23-13-5-6-14(23)10-16(9-13)25-15-3-1-7-21-11-15/h1-4,7-8,11-14,16H,5-6,9-10H2. The van der Waals surface area contributed by atoms with Crippen molar-refractivity contribution in [3.63, 3.8) is 0 Å². The lowest BCUT2D eigenvalue weighted by molar-refractivity contribution is 0.0358. The Morgan fingerprint density at radius 2 is 2.00 bits per heavy atom. The highest BCUT2D eigenvalue weighted by molar-refractivity contribution is 7.15. The van der Waals surface area contributed by atoms with Crippen LogP contribution in [0.3, 0.4) is 0 Å². The van der Waals surface area contributed by atoms with Crippen molar-refractivity contribution in [1.82, 2.24) is 14.9 Å². The number of hydrogen-bond acceptors (Lipinski definition) is 6. The highest BCUT2D eigenvalue weighted by atomic mass is 32.1. The number of thiazole rings is 1. The second-order valence-electron chi connectivity index (χ2n) is 7.01. The molecule has 5 rings (SSSR count). The number of piperidine rings is 1. The molecule has 138 valence electrons. The fourth-order valence-corrected chi connectivity index (χ4v) is 5.71. The number of aromatic nitrogens is 2. The van der Waals surface area contributed by atoms with Gasteiger partial charge in [-0.15, -0.1) is 22.7 Å². The van der Waals surface area contributed by atoms with Crippen LogP contribution in [0.15, 0.2) is 47.4 Å². The zero-order valence-corrected chi connectivity index (χ0v) is 16.3. The fourth-order valence-electron chi connectivity index (χ4n) is 4.18. The summed E-state index contributed by atoms with van der Waals surface area (Å²) in [5.74, 6) is 0.886. The third kappa shape index (κ3) is 3.26. The Morgan fingerprint density at radius 1 is 1.15 bits per heavy atom. The van der Waals surface area contributed by atoms with Crippen molar-refractivity contribution in [3.8, 4) is 16.3 Å². The van der Waals surface area contributed by atoms with E-state index < -0.39 is 0 Å². The first-order chi connectivity index (χ1) is 13.3. The van der Waals surface area contributed by atoms with Crippen LogP contribution in [0.4, 0.5) is 0 Å². The summed E-state index contributed by atoms with van der Waals surface area (Å²) >= 11 is 3.10. The van der Waals surface area contributed by atoms with Crippen LogP contribution in [-0.2, 0) is 0 Å². The Morgan fingerprint density at radius 3 is 2.70 bits per heavy atom. The van der Waals surface area contributed by atoms with Crippen molar-refractivity contribution < 1.29 is 9.53 Å². The molecule has 1 amide bonds. The first kappa shape index (κ1) is 16.9. The zero-order valence-electron chi connectivity index (χ0n) is 14.7. The Bertz CT molecular complexity index is 912. The third-order valence-electron chi connectivity index (χ3n) is 5.32. The van der Waals surface area contributed by atoms with Crippen molar-refractivity contribution in [1.29, 1.82) is 0 Å². The molecule has 7 heteroatoms. The van der Waals surface area contributed by atoms with Gasteiger partial charge in [0.25, 0.3) is 5.91 Å². The molecule has 2 fully saturated rings. The van der Waals surface area contributed by atoms with E-state index in [4.69, 9.17) is 4.74 Å². The van der Waals surface area contributed by atoms with Gasteiger partial charge in [0.15, 0.2) is 5.01 Å². The van der Waals surface area contributed by atoms with E-state index in [9.17, 15) is 4.79 Å². The summed E-state index contributed by atoms with van der Waals surface area (Å²) in [6.45, 7) is 0. The average molecular weight is 398 g/mol. The molecular formula is C20H19N3O2S2. The first-order valence-electron chi connectivity index (χ1n) is 9.16. The number of rotatable bonds is 4. The van der Waals surface area contributed by atoms with Crippen molar-refractivity contribution in [3.05, 3.63) is 52.4 Å². The van der Waals surface area contributed by atoms with Crippen LogP contribution in [0.1, 0.15) is 35.5 Å². The number of hydrogen-bond donors (Lipinski definition) is 0. The monoisotopic (exact) mass is 397 g/mol. The largest absolute Gasteiger partial charge is 0.489 e. The van der Waals surface area contributed by atoms with E-state index in [-0.39, 0.29) is 24.1 Å². The Hall–Kier alpha value is -2.25. The van der Waals surface area contributed by atoms with Crippen molar-refractivity contribution in [2.24, 2.45) is 0 Å². The van der Waals surface area contributed by atoms with Crippen molar-refractivity contribution in [2.45, 2.75) is 43.9 Å². The normalized spacial score (nSPS) is 24.1. The van der Waals surface area contributed by atoms with Gasteiger partial charge < -0.3 is 9.64 Å². The minimum absolute atomic E-state index is 0.0788. The SMILES string of the molecule is O=C(c1nc(-c2cccs2)cs1)N1C2CCC1CC(Oc1cccnc1)C2. The molecule has 5 nitrogen and oxygen atoms in total. The number of fused-ring (bicyclic) bond motifs is 2. The Kier molecular flexibility index (Phi) is 4.41. The summed E-state index contributed by atoms with van der Waals surface area (Å²) in [5.41, 5.74) is 0.903. The van der Waals surface area contributed by atoms with Gasteiger partial charge in [0.1, 0.15) is 11.9 Å². The molecule has 2 aliphatic rings. The van der Waals surface area contributed by atoms with E-state index in [2.05, 4.69) is 14.9 Å². The van der Waals surface area contributed by atoms with E-state index >= 15 is 0 Å². The first-order valence-corrected chi connectivity index (χ1v) is 10.9. The Labute approximate surface area is 165 Å². The number of carbonyl (C=O) groups is 1. The van der Waals surface area contributed by atoms with Gasteiger partial charge in [0.05, 0.1) is 16.8 Å². The lowest BCUT2D eigenvalue weighted by Crippen LogP contribution is -2.49. The fraction of sp³-hybridized carbons (Fsp3) is 0.350. The molecule has 2 aliphatic heterocycles. The summed E-state index contributed by atoms with van der Waals surface area (Å²) in [4.78, 5) is 25.0. The van der Waals surface area contributed by atoms with E-state index in [0.717, 1.165) is 42.0 Å².